The van der Waals surface area contributed by atoms with Gasteiger partial charge in [0.25, 0.3) is 0 Å². The van der Waals surface area contributed by atoms with Gasteiger partial charge in [0.15, 0.2) is 0 Å². The lowest BCUT2D eigenvalue weighted by Crippen LogP contribution is -2.44. The molecule has 1 unspecified atom stereocenters. The Hall–Kier alpha value is -0.580. The second-order valence-electron chi connectivity index (χ2n) is 5.61. The van der Waals surface area contributed by atoms with E-state index in [1.165, 1.54) is 0 Å². The quantitative estimate of drug-likeness (QED) is 0.879. The Kier molecular flexibility index (Phi) is 5.10. The van der Waals surface area contributed by atoms with Gasteiger partial charge in [-0.25, -0.2) is 0 Å². The van der Waals surface area contributed by atoms with Crippen LogP contribution in [0.3, 0.4) is 0 Å². The third-order valence-electron chi connectivity index (χ3n) is 4.38. The standard InChI is InChI=1S/C15H25ClN2O2/c1-4-11-14(16)12(18(3)17-11)10-13(19)15(20-5-2)8-6-7-9-15/h13,19H,4-10H2,1-3H3. The summed E-state index contributed by atoms with van der Waals surface area (Å²) in [5, 5.41) is 15.8. The van der Waals surface area contributed by atoms with Crippen LogP contribution in [0.2, 0.25) is 5.02 Å². The average Bonchev–Trinajstić information content (AvgIpc) is 3.00. The Balaban J connectivity index is 2.18. The zero-order valence-electron chi connectivity index (χ0n) is 12.7. The summed E-state index contributed by atoms with van der Waals surface area (Å²) in [5.74, 6) is 0. The minimum absolute atomic E-state index is 0.394. The number of rotatable bonds is 6. The molecule has 0 amide bonds. The summed E-state index contributed by atoms with van der Waals surface area (Å²) >= 11 is 6.37. The van der Waals surface area contributed by atoms with Gasteiger partial charge in [-0.15, -0.1) is 0 Å². The van der Waals surface area contributed by atoms with Crippen LogP contribution in [-0.2, 0) is 24.6 Å². The molecule has 0 aliphatic heterocycles. The number of aryl methyl sites for hydroxylation is 2. The molecule has 0 saturated heterocycles. The molecule has 1 aliphatic carbocycles. The molecule has 4 nitrogen and oxygen atoms in total. The first kappa shape index (κ1) is 15.8. The fourth-order valence-electron chi connectivity index (χ4n) is 3.25. The second-order valence-corrected chi connectivity index (χ2v) is 5.99. The molecule has 0 bridgehead atoms. The first-order valence-electron chi connectivity index (χ1n) is 7.56. The molecular weight excluding hydrogens is 276 g/mol. The van der Waals surface area contributed by atoms with Crippen molar-refractivity contribution in [1.29, 1.82) is 0 Å². The van der Waals surface area contributed by atoms with Gasteiger partial charge in [0.05, 0.1) is 28.1 Å². The van der Waals surface area contributed by atoms with Crippen molar-refractivity contribution in [2.75, 3.05) is 6.61 Å². The number of hydrogen-bond acceptors (Lipinski definition) is 3. The van der Waals surface area contributed by atoms with Crippen LogP contribution in [0.1, 0.15) is 50.9 Å². The Morgan fingerprint density at radius 2 is 2.05 bits per heavy atom. The van der Waals surface area contributed by atoms with Gasteiger partial charge in [-0.1, -0.05) is 31.4 Å². The Bertz CT molecular complexity index is 453. The van der Waals surface area contributed by atoms with Crippen molar-refractivity contribution >= 4 is 11.6 Å². The first-order valence-corrected chi connectivity index (χ1v) is 7.94. The van der Waals surface area contributed by atoms with E-state index in [1.54, 1.807) is 4.68 Å². The fraction of sp³-hybridized carbons (Fsp3) is 0.800. The third-order valence-corrected chi connectivity index (χ3v) is 4.81. The van der Waals surface area contributed by atoms with E-state index in [-0.39, 0.29) is 0 Å². The second kappa shape index (κ2) is 6.46. The van der Waals surface area contributed by atoms with Gasteiger partial charge in [0.2, 0.25) is 0 Å². The van der Waals surface area contributed by atoms with Crippen LogP contribution in [0.5, 0.6) is 0 Å². The molecule has 1 fully saturated rings. The molecule has 20 heavy (non-hydrogen) atoms. The Morgan fingerprint density at radius 1 is 1.40 bits per heavy atom. The summed E-state index contributed by atoms with van der Waals surface area (Å²) in [6.45, 7) is 4.66. The van der Waals surface area contributed by atoms with E-state index < -0.39 is 11.7 Å². The molecule has 114 valence electrons. The van der Waals surface area contributed by atoms with Crippen LogP contribution in [0.4, 0.5) is 0 Å². The number of halogens is 1. The lowest BCUT2D eigenvalue weighted by Gasteiger charge is -2.34. The van der Waals surface area contributed by atoms with E-state index >= 15 is 0 Å². The van der Waals surface area contributed by atoms with Crippen LogP contribution >= 0.6 is 11.6 Å². The van der Waals surface area contributed by atoms with Crippen molar-refractivity contribution in [2.45, 2.75) is 64.1 Å². The molecule has 1 aromatic rings. The van der Waals surface area contributed by atoms with Crippen molar-refractivity contribution < 1.29 is 9.84 Å². The Morgan fingerprint density at radius 3 is 2.55 bits per heavy atom. The molecule has 1 atom stereocenters. The van der Waals surface area contributed by atoms with Crippen molar-refractivity contribution in [3.63, 3.8) is 0 Å². The smallest absolute Gasteiger partial charge is 0.0943 e. The minimum Gasteiger partial charge on any atom is -0.390 e. The molecular formula is C15H25ClN2O2. The lowest BCUT2D eigenvalue weighted by atomic mass is 9.91. The monoisotopic (exact) mass is 300 g/mol. The third kappa shape index (κ3) is 2.87. The van der Waals surface area contributed by atoms with Gasteiger partial charge in [-0.3, -0.25) is 4.68 Å². The van der Waals surface area contributed by atoms with Gasteiger partial charge in [0, 0.05) is 20.1 Å². The fourth-order valence-corrected chi connectivity index (χ4v) is 3.62. The number of nitrogens with zero attached hydrogens (tertiary/aromatic N) is 2. The molecule has 1 N–H and O–H groups in total. The van der Waals surface area contributed by atoms with E-state index in [4.69, 9.17) is 16.3 Å². The van der Waals surface area contributed by atoms with Crippen molar-refractivity contribution in [2.24, 2.45) is 7.05 Å². The maximum Gasteiger partial charge on any atom is 0.0943 e. The van der Waals surface area contributed by atoms with Gasteiger partial charge >= 0.3 is 0 Å². The van der Waals surface area contributed by atoms with Crippen molar-refractivity contribution in [3.05, 3.63) is 16.4 Å². The van der Waals surface area contributed by atoms with Crippen molar-refractivity contribution in [3.8, 4) is 0 Å². The van der Waals surface area contributed by atoms with Crippen LogP contribution in [-0.4, -0.2) is 33.2 Å². The van der Waals surface area contributed by atoms with E-state index in [2.05, 4.69) is 5.10 Å². The molecule has 1 aromatic heterocycles. The summed E-state index contributed by atoms with van der Waals surface area (Å²) in [6, 6.07) is 0. The Labute approximate surface area is 126 Å². The highest BCUT2D eigenvalue weighted by atomic mass is 35.5. The maximum absolute atomic E-state index is 10.7. The highest BCUT2D eigenvalue weighted by molar-refractivity contribution is 6.31. The van der Waals surface area contributed by atoms with Crippen LogP contribution in [0.15, 0.2) is 0 Å². The van der Waals surface area contributed by atoms with E-state index in [0.29, 0.717) is 18.1 Å². The number of aromatic nitrogens is 2. The van der Waals surface area contributed by atoms with Crippen LogP contribution < -0.4 is 0 Å². The molecule has 2 rings (SSSR count). The number of aliphatic hydroxyl groups excluding tert-OH is 1. The minimum atomic E-state index is -0.525. The zero-order chi connectivity index (χ0) is 14.8. The summed E-state index contributed by atoms with van der Waals surface area (Å²) < 4.78 is 7.71. The SMILES string of the molecule is CCOC1(C(O)Cc2c(Cl)c(CC)nn2C)CCCC1. The topological polar surface area (TPSA) is 47.3 Å². The summed E-state index contributed by atoms with van der Waals surface area (Å²) in [6.07, 6.45) is 4.88. The molecule has 0 aromatic carbocycles. The summed E-state index contributed by atoms with van der Waals surface area (Å²) in [5.41, 5.74) is 1.41. The first-order chi connectivity index (χ1) is 9.54. The summed E-state index contributed by atoms with van der Waals surface area (Å²) in [4.78, 5) is 0. The molecule has 1 saturated carbocycles. The predicted octanol–water partition coefficient (Wildman–Crippen LogP) is 2.89. The normalized spacial score (nSPS) is 19.4. The number of ether oxygens (including phenoxy) is 1. The molecule has 0 spiro atoms. The van der Waals surface area contributed by atoms with Crippen LogP contribution in [0.25, 0.3) is 0 Å². The highest BCUT2D eigenvalue weighted by Crippen LogP contribution is 2.38. The van der Waals surface area contributed by atoms with Crippen LogP contribution in [0, 0.1) is 0 Å². The van der Waals surface area contributed by atoms with E-state index in [0.717, 1.165) is 43.5 Å². The molecule has 1 aliphatic rings. The average molecular weight is 301 g/mol. The summed E-state index contributed by atoms with van der Waals surface area (Å²) in [7, 11) is 1.88. The largest absolute Gasteiger partial charge is 0.390 e. The van der Waals surface area contributed by atoms with Gasteiger partial charge in [-0.05, 0) is 26.2 Å². The molecule has 0 radical (unpaired) electrons. The lowest BCUT2D eigenvalue weighted by molar-refractivity contribution is -0.116. The van der Waals surface area contributed by atoms with E-state index in [9.17, 15) is 5.11 Å². The number of hydrogen-bond donors (Lipinski definition) is 1. The van der Waals surface area contributed by atoms with Gasteiger partial charge in [0.1, 0.15) is 0 Å². The molecule has 1 heterocycles. The highest BCUT2D eigenvalue weighted by Gasteiger charge is 2.42. The molecule has 5 heteroatoms. The van der Waals surface area contributed by atoms with Gasteiger partial charge in [-0.2, -0.15) is 5.10 Å². The van der Waals surface area contributed by atoms with E-state index in [1.807, 2.05) is 20.9 Å². The van der Waals surface area contributed by atoms with Crippen molar-refractivity contribution in [1.82, 2.24) is 9.78 Å². The van der Waals surface area contributed by atoms with Gasteiger partial charge < -0.3 is 9.84 Å². The number of aliphatic hydroxyl groups is 1. The maximum atomic E-state index is 10.7. The zero-order valence-corrected chi connectivity index (χ0v) is 13.4. The predicted molar refractivity (Wildman–Crippen MR) is 80.1 cm³/mol.